The molecule has 1 aromatic carbocycles. The number of hydrogen-bond acceptors (Lipinski definition) is 7. The molecule has 0 fully saturated rings. The number of anilines is 1. The standard InChI is InChI=1S/C16H18N2O5S2/c1-4-23-15(20)14-10(2)17-16(24-14)18-13(19)9-11-5-7-12(8-6-11)25(3,21)22/h5-8H,4,9H2,1-3H3,(H,17,18,19). The molecule has 7 nitrogen and oxygen atoms in total. The van der Waals surface area contributed by atoms with E-state index in [1.807, 2.05) is 0 Å². The highest BCUT2D eigenvalue weighted by atomic mass is 32.2. The Morgan fingerprint density at radius 2 is 1.88 bits per heavy atom. The third-order valence-corrected chi connectivity index (χ3v) is 5.40. The van der Waals surface area contributed by atoms with E-state index in [0.717, 1.165) is 17.6 Å². The molecule has 2 aromatic rings. The second-order valence-corrected chi connectivity index (χ2v) is 8.31. The Bertz CT molecular complexity index is 886. The number of carbonyl (C=O) groups excluding carboxylic acids is 2. The van der Waals surface area contributed by atoms with Crippen molar-refractivity contribution in [2.75, 3.05) is 18.2 Å². The summed E-state index contributed by atoms with van der Waals surface area (Å²) in [7, 11) is -3.26. The van der Waals surface area contributed by atoms with Crippen LogP contribution in [0.5, 0.6) is 0 Å². The number of thiazole rings is 1. The summed E-state index contributed by atoms with van der Waals surface area (Å²) in [6.07, 6.45) is 1.19. The Morgan fingerprint density at radius 1 is 1.24 bits per heavy atom. The van der Waals surface area contributed by atoms with Crippen molar-refractivity contribution in [1.82, 2.24) is 4.98 Å². The average Bonchev–Trinajstić information content (AvgIpc) is 2.87. The highest BCUT2D eigenvalue weighted by Gasteiger charge is 2.17. The zero-order chi connectivity index (χ0) is 18.6. The van der Waals surface area contributed by atoms with E-state index < -0.39 is 15.8 Å². The maximum absolute atomic E-state index is 12.1. The highest BCUT2D eigenvalue weighted by Crippen LogP contribution is 2.23. The molecule has 0 spiro atoms. The summed E-state index contributed by atoms with van der Waals surface area (Å²) in [6, 6.07) is 6.11. The Hall–Kier alpha value is -2.26. The van der Waals surface area contributed by atoms with E-state index in [1.165, 1.54) is 12.1 Å². The van der Waals surface area contributed by atoms with Gasteiger partial charge in [0.1, 0.15) is 4.88 Å². The summed E-state index contributed by atoms with van der Waals surface area (Å²) >= 11 is 1.06. The summed E-state index contributed by atoms with van der Waals surface area (Å²) in [4.78, 5) is 28.6. The van der Waals surface area contributed by atoms with Crippen molar-refractivity contribution in [3.05, 3.63) is 40.4 Å². The van der Waals surface area contributed by atoms with Gasteiger partial charge in [-0.3, -0.25) is 4.79 Å². The molecule has 134 valence electrons. The molecule has 0 atom stereocenters. The maximum atomic E-state index is 12.1. The van der Waals surface area contributed by atoms with Gasteiger partial charge in [-0.05, 0) is 31.5 Å². The van der Waals surface area contributed by atoms with Gasteiger partial charge in [0.2, 0.25) is 5.91 Å². The summed E-state index contributed by atoms with van der Waals surface area (Å²) < 4.78 is 27.8. The fraction of sp³-hybridized carbons (Fsp3) is 0.312. The predicted octanol–water partition coefficient (Wildman–Crippen LogP) is 2.21. The third-order valence-electron chi connectivity index (χ3n) is 3.22. The Morgan fingerprint density at radius 3 is 2.44 bits per heavy atom. The summed E-state index contributed by atoms with van der Waals surface area (Å²) in [5, 5.41) is 2.95. The first-order valence-electron chi connectivity index (χ1n) is 7.44. The lowest BCUT2D eigenvalue weighted by molar-refractivity contribution is -0.115. The minimum atomic E-state index is -3.26. The van der Waals surface area contributed by atoms with Crippen molar-refractivity contribution in [2.45, 2.75) is 25.2 Å². The highest BCUT2D eigenvalue weighted by molar-refractivity contribution is 7.90. The zero-order valence-electron chi connectivity index (χ0n) is 14.0. The Labute approximate surface area is 150 Å². The number of sulfone groups is 1. The molecule has 25 heavy (non-hydrogen) atoms. The molecule has 0 aliphatic rings. The van der Waals surface area contributed by atoms with Crippen LogP contribution in [0, 0.1) is 6.92 Å². The van der Waals surface area contributed by atoms with Crippen LogP contribution in [0.2, 0.25) is 0 Å². The second-order valence-electron chi connectivity index (χ2n) is 5.30. The van der Waals surface area contributed by atoms with Crippen LogP contribution in [0.1, 0.15) is 27.9 Å². The van der Waals surface area contributed by atoms with Gasteiger partial charge in [-0.15, -0.1) is 0 Å². The quantitative estimate of drug-likeness (QED) is 0.769. The molecule has 1 heterocycles. The molecule has 1 aromatic heterocycles. The second kappa shape index (κ2) is 7.75. The van der Waals surface area contributed by atoms with E-state index in [0.29, 0.717) is 21.3 Å². The van der Waals surface area contributed by atoms with Gasteiger partial charge in [-0.2, -0.15) is 0 Å². The van der Waals surface area contributed by atoms with Crippen LogP contribution >= 0.6 is 11.3 Å². The van der Waals surface area contributed by atoms with Crippen LogP contribution in [-0.2, 0) is 25.8 Å². The molecule has 0 saturated heterocycles. The van der Waals surface area contributed by atoms with Gasteiger partial charge in [0.05, 0.1) is 23.6 Å². The third kappa shape index (κ3) is 5.10. The number of carbonyl (C=O) groups is 2. The molecular weight excluding hydrogens is 364 g/mol. The molecule has 0 bridgehead atoms. The molecule has 0 saturated carbocycles. The lowest BCUT2D eigenvalue weighted by Gasteiger charge is -2.03. The molecule has 0 aliphatic heterocycles. The maximum Gasteiger partial charge on any atom is 0.350 e. The molecule has 1 N–H and O–H groups in total. The molecule has 0 radical (unpaired) electrons. The number of ether oxygens (including phenoxy) is 1. The molecule has 1 amide bonds. The lowest BCUT2D eigenvalue weighted by atomic mass is 10.1. The van der Waals surface area contributed by atoms with Crippen molar-refractivity contribution in [3.8, 4) is 0 Å². The van der Waals surface area contributed by atoms with Gasteiger partial charge in [0, 0.05) is 6.26 Å². The van der Waals surface area contributed by atoms with Gasteiger partial charge < -0.3 is 10.1 Å². The average molecular weight is 382 g/mol. The molecule has 9 heteroatoms. The SMILES string of the molecule is CCOC(=O)c1sc(NC(=O)Cc2ccc(S(C)(=O)=O)cc2)nc1C. The van der Waals surface area contributed by atoms with Crippen LogP contribution in [0.25, 0.3) is 0 Å². The topological polar surface area (TPSA) is 102 Å². The fourth-order valence-electron chi connectivity index (χ4n) is 2.04. The van der Waals surface area contributed by atoms with Crippen LogP contribution < -0.4 is 5.32 Å². The number of benzene rings is 1. The summed E-state index contributed by atoms with van der Waals surface area (Å²) in [5.41, 5.74) is 1.17. The van der Waals surface area contributed by atoms with Gasteiger partial charge in [-0.1, -0.05) is 23.5 Å². The van der Waals surface area contributed by atoms with Crippen LogP contribution in [-0.4, -0.2) is 38.1 Å². The van der Waals surface area contributed by atoms with Crippen LogP contribution in [0.3, 0.4) is 0 Å². The normalized spacial score (nSPS) is 11.2. The smallest absolute Gasteiger partial charge is 0.350 e. The van der Waals surface area contributed by atoms with Crippen molar-refractivity contribution in [2.24, 2.45) is 0 Å². The molecular formula is C16H18N2O5S2. The number of hydrogen-bond donors (Lipinski definition) is 1. The number of aromatic nitrogens is 1. The number of esters is 1. The minimum absolute atomic E-state index is 0.0669. The minimum Gasteiger partial charge on any atom is -0.462 e. The molecule has 0 aliphatic carbocycles. The van der Waals surface area contributed by atoms with E-state index in [1.54, 1.807) is 26.0 Å². The van der Waals surface area contributed by atoms with Crippen molar-refractivity contribution in [1.29, 1.82) is 0 Å². The lowest BCUT2D eigenvalue weighted by Crippen LogP contribution is -2.14. The summed E-state index contributed by atoms with van der Waals surface area (Å²) in [6.45, 7) is 3.65. The largest absolute Gasteiger partial charge is 0.462 e. The van der Waals surface area contributed by atoms with Crippen molar-refractivity contribution < 1.29 is 22.7 Å². The van der Waals surface area contributed by atoms with E-state index in [2.05, 4.69) is 10.3 Å². The first-order chi connectivity index (χ1) is 11.7. The van der Waals surface area contributed by atoms with E-state index in [-0.39, 0.29) is 23.8 Å². The number of nitrogens with zero attached hydrogens (tertiary/aromatic N) is 1. The Kier molecular flexibility index (Phi) is 5.91. The number of nitrogens with one attached hydrogen (secondary N) is 1. The Balaban J connectivity index is 2.03. The van der Waals surface area contributed by atoms with Crippen molar-refractivity contribution >= 4 is 38.2 Å². The van der Waals surface area contributed by atoms with E-state index in [9.17, 15) is 18.0 Å². The predicted molar refractivity (Wildman–Crippen MR) is 94.7 cm³/mol. The van der Waals surface area contributed by atoms with E-state index >= 15 is 0 Å². The van der Waals surface area contributed by atoms with Gasteiger partial charge in [0.25, 0.3) is 0 Å². The van der Waals surface area contributed by atoms with Crippen LogP contribution in [0.4, 0.5) is 5.13 Å². The summed E-state index contributed by atoms with van der Waals surface area (Å²) in [5.74, 6) is -0.773. The van der Waals surface area contributed by atoms with Crippen molar-refractivity contribution in [3.63, 3.8) is 0 Å². The van der Waals surface area contributed by atoms with Gasteiger partial charge in [0.15, 0.2) is 15.0 Å². The molecule has 0 unspecified atom stereocenters. The number of rotatable bonds is 6. The molecule has 2 rings (SSSR count). The zero-order valence-corrected chi connectivity index (χ0v) is 15.7. The number of aryl methyl sites for hydroxylation is 1. The van der Waals surface area contributed by atoms with Gasteiger partial charge >= 0.3 is 5.97 Å². The van der Waals surface area contributed by atoms with Crippen LogP contribution in [0.15, 0.2) is 29.2 Å². The monoisotopic (exact) mass is 382 g/mol. The fourth-order valence-corrected chi connectivity index (χ4v) is 3.55. The van der Waals surface area contributed by atoms with E-state index in [4.69, 9.17) is 4.74 Å². The van der Waals surface area contributed by atoms with Gasteiger partial charge in [-0.25, -0.2) is 18.2 Å². The number of amides is 1. The first-order valence-corrected chi connectivity index (χ1v) is 10.1. The first kappa shape index (κ1) is 19.1.